The van der Waals surface area contributed by atoms with Gasteiger partial charge in [0, 0.05) is 17.6 Å². The molecule has 5 nitrogen and oxygen atoms in total. The summed E-state index contributed by atoms with van der Waals surface area (Å²) in [6, 6.07) is 7.03. The fraction of sp³-hybridized carbons (Fsp3) is 0.636. The fourth-order valence-electron chi connectivity index (χ4n) is 2.70. The quantitative estimate of drug-likeness (QED) is 0.749. The summed E-state index contributed by atoms with van der Waals surface area (Å²) in [7, 11) is 0. The van der Waals surface area contributed by atoms with E-state index in [0.717, 1.165) is 5.56 Å². The molecular formula is C22H35NO4. The highest BCUT2D eigenvalue weighted by Gasteiger charge is 2.28. The summed E-state index contributed by atoms with van der Waals surface area (Å²) in [6.07, 6.45) is -0.412. The lowest BCUT2D eigenvalue weighted by atomic mass is 9.97. The minimum atomic E-state index is -0.556. The van der Waals surface area contributed by atoms with Crippen LogP contribution in [0.5, 0.6) is 0 Å². The molecule has 1 atom stereocenters. The number of aliphatic hydroxyl groups excluding tert-OH is 1. The monoisotopic (exact) mass is 377 g/mol. The summed E-state index contributed by atoms with van der Waals surface area (Å²) < 4.78 is 5.35. The van der Waals surface area contributed by atoms with Gasteiger partial charge in [0.1, 0.15) is 5.60 Å². The van der Waals surface area contributed by atoms with Gasteiger partial charge in [-0.1, -0.05) is 26.0 Å². The minimum Gasteiger partial charge on any atom is -0.460 e. The summed E-state index contributed by atoms with van der Waals surface area (Å²) in [5.41, 5.74) is 0.349. The van der Waals surface area contributed by atoms with Gasteiger partial charge in [-0.2, -0.15) is 0 Å². The van der Waals surface area contributed by atoms with Gasteiger partial charge in [0.15, 0.2) is 0 Å². The summed E-state index contributed by atoms with van der Waals surface area (Å²) in [6.45, 7) is 15.5. The van der Waals surface area contributed by atoms with Crippen molar-refractivity contribution in [1.82, 2.24) is 4.90 Å². The van der Waals surface area contributed by atoms with E-state index < -0.39 is 17.2 Å². The van der Waals surface area contributed by atoms with Crippen LogP contribution >= 0.6 is 0 Å². The second-order valence-corrected chi connectivity index (χ2v) is 9.27. The van der Waals surface area contributed by atoms with Gasteiger partial charge in [-0.25, -0.2) is 0 Å². The molecule has 27 heavy (non-hydrogen) atoms. The van der Waals surface area contributed by atoms with Crippen LogP contribution in [0.1, 0.15) is 83.8 Å². The van der Waals surface area contributed by atoms with Crippen molar-refractivity contribution in [3.8, 4) is 0 Å². The zero-order valence-corrected chi connectivity index (χ0v) is 18.0. The van der Waals surface area contributed by atoms with E-state index in [0.29, 0.717) is 5.56 Å². The van der Waals surface area contributed by atoms with E-state index in [1.165, 1.54) is 0 Å². The number of carbonyl (C=O) groups is 2. The van der Waals surface area contributed by atoms with Gasteiger partial charge in [-0.15, -0.1) is 0 Å². The van der Waals surface area contributed by atoms with E-state index in [4.69, 9.17) is 4.74 Å². The van der Waals surface area contributed by atoms with Crippen molar-refractivity contribution in [2.75, 3.05) is 6.54 Å². The molecule has 0 radical (unpaired) electrons. The molecule has 1 amide bonds. The lowest BCUT2D eigenvalue weighted by Crippen LogP contribution is -2.46. The van der Waals surface area contributed by atoms with Crippen molar-refractivity contribution in [2.24, 2.45) is 5.92 Å². The first-order valence-corrected chi connectivity index (χ1v) is 9.54. The molecule has 0 saturated heterocycles. The Bertz CT molecular complexity index is 636. The molecule has 0 saturated carbocycles. The molecule has 1 aromatic rings. The Labute approximate surface area is 163 Å². The van der Waals surface area contributed by atoms with Gasteiger partial charge in [-0.05, 0) is 65.2 Å². The topological polar surface area (TPSA) is 66.8 Å². The molecule has 0 aliphatic rings. The van der Waals surface area contributed by atoms with Crippen molar-refractivity contribution < 1.29 is 19.4 Å². The normalized spacial score (nSPS) is 13.4. The van der Waals surface area contributed by atoms with Gasteiger partial charge < -0.3 is 14.7 Å². The molecule has 0 bridgehead atoms. The lowest BCUT2D eigenvalue weighted by molar-refractivity contribution is -0.155. The standard InChI is InChI=1S/C22H35NO4/c1-15(2)19(25)16-9-11-17(12-10-16)20(26)23(21(3,4)5)14-13-18(24)27-22(6,7)8/h9-12,15,19,25H,13-14H2,1-8H3/t19-/m1/s1. The lowest BCUT2D eigenvalue weighted by Gasteiger charge is -2.36. The Hall–Kier alpha value is -1.88. The Balaban J connectivity index is 2.91. The molecule has 1 N–H and O–H groups in total. The van der Waals surface area contributed by atoms with E-state index >= 15 is 0 Å². The number of nitrogens with zero attached hydrogens (tertiary/aromatic N) is 1. The predicted octanol–water partition coefficient (Wildman–Crippen LogP) is 4.35. The van der Waals surface area contributed by atoms with Crippen LogP contribution in [0.25, 0.3) is 0 Å². The largest absolute Gasteiger partial charge is 0.460 e. The van der Waals surface area contributed by atoms with Crippen LogP contribution in [0.2, 0.25) is 0 Å². The first-order chi connectivity index (χ1) is 12.2. The van der Waals surface area contributed by atoms with Gasteiger partial charge in [0.25, 0.3) is 5.91 Å². The van der Waals surface area contributed by atoms with Crippen molar-refractivity contribution >= 4 is 11.9 Å². The van der Waals surface area contributed by atoms with Crippen molar-refractivity contribution in [1.29, 1.82) is 0 Å². The van der Waals surface area contributed by atoms with E-state index in [1.807, 2.05) is 55.4 Å². The Kier molecular flexibility index (Phi) is 7.61. The fourth-order valence-corrected chi connectivity index (χ4v) is 2.70. The Morgan fingerprint density at radius 1 is 1.04 bits per heavy atom. The third-order valence-electron chi connectivity index (χ3n) is 4.15. The smallest absolute Gasteiger partial charge is 0.308 e. The summed E-state index contributed by atoms with van der Waals surface area (Å²) in [5.74, 6) is -0.358. The van der Waals surface area contributed by atoms with Crippen molar-refractivity contribution in [3.63, 3.8) is 0 Å². The Morgan fingerprint density at radius 2 is 1.56 bits per heavy atom. The van der Waals surface area contributed by atoms with Crippen LogP contribution in [0.3, 0.4) is 0 Å². The van der Waals surface area contributed by atoms with E-state index in [-0.39, 0.29) is 30.8 Å². The van der Waals surface area contributed by atoms with Crippen LogP contribution in [0, 0.1) is 5.92 Å². The molecule has 0 unspecified atom stereocenters. The second kappa shape index (κ2) is 8.87. The van der Waals surface area contributed by atoms with Crippen molar-refractivity contribution in [3.05, 3.63) is 35.4 Å². The second-order valence-electron chi connectivity index (χ2n) is 9.27. The first kappa shape index (κ1) is 23.2. The van der Waals surface area contributed by atoms with Gasteiger partial charge >= 0.3 is 5.97 Å². The predicted molar refractivity (Wildman–Crippen MR) is 107 cm³/mol. The zero-order valence-electron chi connectivity index (χ0n) is 18.0. The maximum Gasteiger partial charge on any atom is 0.308 e. The number of esters is 1. The molecular weight excluding hydrogens is 342 g/mol. The average Bonchev–Trinajstić information content (AvgIpc) is 2.51. The van der Waals surface area contributed by atoms with Crippen LogP contribution < -0.4 is 0 Å². The zero-order chi connectivity index (χ0) is 21.0. The summed E-state index contributed by atoms with van der Waals surface area (Å²) in [4.78, 5) is 26.7. The van der Waals surface area contributed by atoms with Crippen LogP contribution in [0.15, 0.2) is 24.3 Å². The highest BCUT2D eigenvalue weighted by atomic mass is 16.6. The molecule has 1 rings (SSSR count). The number of benzene rings is 1. The van der Waals surface area contributed by atoms with Crippen LogP contribution in [-0.2, 0) is 9.53 Å². The Morgan fingerprint density at radius 3 is 1.96 bits per heavy atom. The molecule has 0 aromatic heterocycles. The van der Waals surface area contributed by atoms with E-state index in [2.05, 4.69) is 0 Å². The van der Waals surface area contributed by atoms with Crippen LogP contribution in [0.4, 0.5) is 0 Å². The molecule has 0 heterocycles. The number of rotatable bonds is 6. The van der Waals surface area contributed by atoms with Crippen molar-refractivity contribution in [2.45, 2.75) is 79.1 Å². The number of amides is 1. The molecule has 0 aliphatic heterocycles. The highest BCUT2D eigenvalue weighted by molar-refractivity contribution is 5.95. The van der Waals surface area contributed by atoms with Gasteiger partial charge in [-0.3, -0.25) is 9.59 Å². The van der Waals surface area contributed by atoms with E-state index in [9.17, 15) is 14.7 Å². The highest BCUT2D eigenvalue weighted by Crippen LogP contribution is 2.23. The molecule has 5 heteroatoms. The molecule has 0 aliphatic carbocycles. The number of aliphatic hydroxyl groups is 1. The minimum absolute atomic E-state index is 0.103. The average molecular weight is 378 g/mol. The van der Waals surface area contributed by atoms with Gasteiger partial charge in [0.2, 0.25) is 0 Å². The van der Waals surface area contributed by atoms with E-state index in [1.54, 1.807) is 29.2 Å². The third-order valence-corrected chi connectivity index (χ3v) is 4.15. The summed E-state index contributed by atoms with van der Waals surface area (Å²) >= 11 is 0. The number of hydrogen-bond acceptors (Lipinski definition) is 4. The first-order valence-electron chi connectivity index (χ1n) is 9.54. The van der Waals surface area contributed by atoms with Gasteiger partial charge in [0.05, 0.1) is 12.5 Å². The van der Waals surface area contributed by atoms with Crippen LogP contribution in [-0.4, -0.2) is 39.6 Å². The molecule has 152 valence electrons. The number of carbonyl (C=O) groups excluding carboxylic acids is 2. The molecule has 0 fully saturated rings. The number of ether oxygens (including phenoxy) is 1. The number of hydrogen-bond donors (Lipinski definition) is 1. The third kappa shape index (κ3) is 7.33. The molecule has 0 spiro atoms. The SMILES string of the molecule is CC(C)[C@@H](O)c1ccc(C(=O)N(CCC(=O)OC(C)(C)C)C(C)(C)C)cc1. The maximum absolute atomic E-state index is 13.0. The molecule has 1 aromatic carbocycles. The maximum atomic E-state index is 13.0. The summed E-state index contributed by atoms with van der Waals surface area (Å²) in [5, 5.41) is 10.2.